The van der Waals surface area contributed by atoms with Gasteiger partial charge in [0.25, 0.3) is 0 Å². The van der Waals surface area contributed by atoms with Crippen LogP contribution in [0.4, 0.5) is 0 Å². The molecule has 6 nitrogen and oxygen atoms in total. The van der Waals surface area contributed by atoms with E-state index in [2.05, 4.69) is 12.0 Å². The van der Waals surface area contributed by atoms with E-state index in [4.69, 9.17) is 4.74 Å². The first-order valence-electron chi connectivity index (χ1n) is 10.1. The maximum absolute atomic E-state index is 13.6. The highest BCUT2D eigenvalue weighted by molar-refractivity contribution is 7.90. The summed E-state index contributed by atoms with van der Waals surface area (Å²) < 4.78 is 32.3. The molecule has 1 aromatic heterocycles. The van der Waals surface area contributed by atoms with Crippen LogP contribution in [0.1, 0.15) is 73.3 Å². The molecule has 0 amide bonds. The van der Waals surface area contributed by atoms with Crippen LogP contribution in [0.15, 0.2) is 22.6 Å². The number of carbonyl (C=O) groups is 1. The van der Waals surface area contributed by atoms with E-state index in [1.807, 2.05) is 20.8 Å². The number of hydrogen-bond donors (Lipinski definition) is 0. The van der Waals surface area contributed by atoms with Gasteiger partial charge in [-0.3, -0.25) is 4.79 Å². The van der Waals surface area contributed by atoms with E-state index >= 15 is 0 Å². The Morgan fingerprint density at radius 2 is 1.77 bits per heavy atom. The van der Waals surface area contributed by atoms with Gasteiger partial charge in [0.1, 0.15) is 5.56 Å². The van der Waals surface area contributed by atoms with Crippen LogP contribution in [-0.4, -0.2) is 36.8 Å². The number of ether oxygens (including phenoxy) is 1. The number of nitrogens with zero attached hydrogens (tertiary/aromatic N) is 2. The van der Waals surface area contributed by atoms with E-state index in [0.29, 0.717) is 40.4 Å². The van der Waals surface area contributed by atoms with E-state index in [1.165, 1.54) is 12.3 Å². The first-order valence-corrected chi connectivity index (χ1v) is 12.0. The van der Waals surface area contributed by atoms with Crippen molar-refractivity contribution in [2.24, 2.45) is 7.05 Å². The summed E-state index contributed by atoms with van der Waals surface area (Å²) in [6.45, 7) is 11.9. The Labute approximate surface area is 179 Å². The maximum atomic E-state index is 13.6. The quantitative estimate of drug-likeness (QED) is 0.448. The summed E-state index contributed by atoms with van der Waals surface area (Å²) >= 11 is 0. The lowest BCUT2D eigenvalue weighted by Gasteiger charge is -2.17. The van der Waals surface area contributed by atoms with E-state index < -0.39 is 9.84 Å². The molecule has 0 saturated carbocycles. The molecule has 30 heavy (non-hydrogen) atoms. The van der Waals surface area contributed by atoms with Gasteiger partial charge < -0.3 is 4.74 Å². The lowest BCUT2D eigenvalue weighted by atomic mass is 9.91. The van der Waals surface area contributed by atoms with E-state index in [0.717, 1.165) is 24.0 Å². The monoisotopic (exact) mass is 432 g/mol. The molecule has 1 heterocycles. The van der Waals surface area contributed by atoms with Crippen molar-refractivity contribution in [2.45, 2.75) is 59.3 Å². The van der Waals surface area contributed by atoms with Crippen molar-refractivity contribution in [1.29, 1.82) is 0 Å². The van der Waals surface area contributed by atoms with Crippen molar-refractivity contribution >= 4 is 21.2 Å². The van der Waals surface area contributed by atoms with Gasteiger partial charge in [0.15, 0.2) is 9.84 Å². The fourth-order valence-electron chi connectivity index (χ4n) is 3.47. The zero-order valence-electron chi connectivity index (χ0n) is 19.2. The number of carbonyl (C=O) groups excluding carboxylic acids is 1. The molecule has 0 fully saturated rings. The summed E-state index contributed by atoms with van der Waals surface area (Å²) in [5.74, 6) is 0.227. The summed E-state index contributed by atoms with van der Waals surface area (Å²) in [6.07, 6.45) is 3.05. The fraction of sp³-hybridized carbons (Fsp3) is 0.478. The average molecular weight is 433 g/mol. The minimum absolute atomic E-state index is 0.215. The Kier molecular flexibility index (Phi) is 7.29. The van der Waals surface area contributed by atoms with Gasteiger partial charge in [-0.15, -0.1) is 0 Å². The van der Waals surface area contributed by atoms with Crippen LogP contribution >= 0.6 is 0 Å². The summed E-state index contributed by atoms with van der Waals surface area (Å²) in [5.41, 5.74) is 4.54. The third-order valence-electron chi connectivity index (χ3n) is 5.33. The Balaban J connectivity index is 2.71. The van der Waals surface area contributed by atoms with Crippen molar-refractivity contribution in [3.05, 3.63) is 45.7 Å². The Morgan fingerprint density at radius 3 is 2.30 bits per heavy atom. The molecule has 0 N–H and O–H groups in total. The molecule has 0 aliphatic rings. The molecular weight excluding hydrogens is 400 g/mol. The molecule has 0 aliphatic heterocycles. The minimum atomic E-state index is -3.46. The molecule has 2 rings (SSSR count). The van der Waals surface area contributed by atoms with Crippen LogP contribution in [0, 0.1) is 13.8 Å². The second-order valence-electron chi connectivity index (χ2n) is 7.93. The summed E-state index contributed by atoms with van der Waals surface area (Å²) in [6, 6.07) is 3.12. The number of sulfone groups is 1. The lowest BCUT2D eigenvalue weighted by molar-refractivity contribution is 0.103. The van der Waals surface area contributed by atoms with Crippen LogP contribution < -0.4 is 4.74 Å². The van der Waals surface area contributed by atoms with Crippen molar-refractivity contribution in [1.82, 2.24) is 9.78 Å². The Hall–Kier alpha value is -2.41. The third-order valence-corrected chi connectivity index (χ3v) is 6.47. The lowest BCUT2D eigenvalue weighted by Crippen LogP contribution is -2.12. The molecule has 164 valence electrons. The predicted molar refractivity (Wildman–Crippen MR) is 120 cm³/mol. The largest absolute Gasteiger partial charge is 0.477 e. The van der Waals surface area contributed by atoms with Gasteiger partial charge in [-0.1, -0.05) is 18.9 Å². The van der Waals surface area contributed by atoms with Gasteiger partial charge in [0, 0.05) is 18.9 Å². The minimum Gasteiger partial charge on any atom is -0.477 e. The van der Waals surface area contributed by atoms with Gasteiger partial charge >= 0.3 is 0 Å². The van der Waals surface area contributed by atoms with E-state index in [9.17, 15) is 13.2 Å². The molecule has 0 spiro atoms. The molecule has 0 aliphatic carbocycles. The van der Waals surface area contributed by atoms with Crippen molar-refractivity contribution in [3.63, 3.8) is 0 Å². The van der Waals surface area contributed by atoms with Crippen LogP contribution in [-0.2, 0) is 16.9 Å². The Morgan fingerprint density at radius 1 is 1.13 bits per heavy atom. The molecule has 0 unspecified atom stereocenters. The number of benzene rings is 1. The topological polar surface area (TPSA) is 78.3 Å². The van der Waals surface area contributed by atoms with Crippen LogP contribution in [0.25, 0.3) is 5.57 Å². The number of ketones is 1. The van der Waals surface area contributed by atoms with Crippen LogP contribution in [0.5, 0.6) is 5.88 Å². The highest BCUT2D eigenvalue weighted by atomic mass is 32.2. The Bertz CT molecular complexity index is 1100. The molecular formula is C23H32N2O4S. The number of unbranched alkanes of at least 4 members (excludes halogenated alkanes) is 1. The molecule has 0 atom stereocenters. The molecule has 0 radical (unpaired) electrons. The standard InChI is InChI=1S/C23H32N2O4S/c1-9-10-13-29-23-21(17(6)24-25(23)7)22(26)18-11-12-19(30(8,27)28)20(16(18)5)15(4)14(2)3/h11-12H,9-10,13H2,1-8H3. The summed E-state index contributed by atoms with van der Waals surface area (Å²) in [5, 5.41) is 4.37. The highest BCUT2D eigenvalue weighted by Crippen LogP contribution is 2.33. The van der Waals surface area contributed by atoms with Crippen molar-refractivity contribution < 1.29 is 17.9 Å². The SMILES string of the molecule is CCCCOc1c(C(=O)c2ccc(S(C)(=O)=O)c(C(C)=C(C)C)c2C)c(C)nn1C. The molecule has 0 bridgehead atoms. The zero-order chi connectivity index (χ0) is 22.8. The van der Waals surface area contributed by atoms with Crippen molar-refractivity contribution in [3.8, 4) is 5.88 Å². The number of rotatable bonds is 8. The molecule has 7 heteroatoms. The summed E-state index contributed by atoms with van der Waals surface area (Å²) in [7, 11) is -1.70. The summed E-state index contributed by atoms with van der Waals surface area (Å²) in [4.78, 5) is 13.8. The van der Waals surface area contributed by atoms with Gasteiger partial charge in [-0.05, 0) is 69.9 Å². The van der Waals surface area contributed by atoms with Gasteiger partial charge in [-0.2, -0.15) is 5.10 Å². The van der Waals surface area contributed by atoms with Gasteiger partial charge in [0.05, 0.1) is 17.2 Å². The second kappa shape index (κ2) is 9.16. The maximum Gasteiger partial charge on any atom is 0.223 e. The second-order valence-corrected chi connectivity index (χ2v) is 9.91. The van der Waals surface area contributed by atoms with E-state index in [1.54, 1.807) is 31.6 Å². The number of aromatic nitrogens is 2. The molecule has 0 saturated heterocycles. The predicted octanol–water partition coefficient (Wildman–Crippen LogP) is 4.66. The number of hydrogen-bond acceptors (Lipinski definition) is 5. The normalized spacial score (nSPS) is 11.5. The van der Waals surface area contributed by atoms with Gasteiger partial charge in [-0.25, -0.2) is 13.1 Å². The zero-order valence-corrected chi connectivity index (χ0v) is 20.0. The number of allylic oxidation sites excluding steroid dienone is 2. The first-order chi connectivity index (χ1) is 13.9. The van der Waals surface area contributed by atoms with Gasteiger partial charge in [0.2, 0.25) is 11.7 Å². The van der Waals surface area contributed by atoms with Crippen LogP contribution in [0.2, 0.25) is 0 Å². The molecule has 2 aromatic rings. The highest BCUT2D eigenvalue weighted by Gasteiger charge is 2.27. The fourth-order valence-corrected chi connectivity index (χ4v) is 4.46. The molecule has 1 aromatic carbocycles. The third kappa shape index (κ3) is 4.67. The smallest absolute Gasteiger partial charge is 0.223 e. The van der Waals surface area contributed by atoms with Crippen LogP contribution in [0.3, 0.4) is 0 Å². The first kappa shape index (κ1) is 23.9. The number of aryl methyl sites for hydroxylation is 2. The van der Waals surface area contributed by atoms with E-state index in [-0.39, 0.29) is 10.7 Å². The van der Waals surface area contributed by atoms with Crippen molar-refractivity contribution in [2.75, 3.05) is 12.9 Å². The average Bonchev–Trinajstić information content (AvgIpc) is 2.93.